The lowest BCUT2D eigenvalue weighted by atomic mass is 10.1. The largest absolute Gasteiger partial charge is 0.340 e. The number of rotatable bonds is 3. The molecule has 9 heteroatoms. The highest BCUT2D eigenvalue weighted by atomic mass is 31.2. The number of nitrogens with zero attached hydrogens (tertiary/aromatic N) is 6. The second-order valence-corrected chi connectivity index (χ2v) is 7.75. The van der Waals surface area contributed by atoms with Gasteiger partial charge in [0.25, 0.3) is 0 Å². The number of hydrogen-bond acceptors (Lipinski definition) is 6. The Morgan fingerprint density at radius 2 is 2.12 bits per heavy atom. The molecule has 1 atom stereocenters. The molecule has 0 fully saturated rings. The summed E-state index contributed by atoms with van der Waals surface area (Å²) in [6, 6.07) is 9.78. The normalized spacial score (nSPS) is 14.1. The summed E-state index contributed by atoms with van der Waals surface area (Å²) in [6.45, 7) is 1.66. The van der Waals surface area contributed by atoms with Crippen LogP contribution in [0.4, 0.5) is 0 Å². The Hall–Kier alpha value is -2.70. The van der Waals surface area contributed by atoms with Crippen molar-refractivity contribution in [1.82, 2.24) is 29.9 Å². The van der Waals surface area contributed by atoms with Gasteiger partial charge in [0.05, 0.1) is 18.3 Å². The molecule has 0 radical (unpaired) electrons. The smallest absolute Gasteiger partial charge is 0.246 e. The van der Waals surface area contributed by atoms with Gasteiger partial charge in [-0.2, -0.15) is 0 Å². The van der Waals surface area contributed by atoms with Crippen LogP contribution in [0.3, 0.4) is 0 Å². The van der Waals surface area contributed by atoms with Crippen molar-refractivity contribution in [3.63, 3.8) is 0 Å². The lowest BCUT2D eigenvalue weighted by molar-refractivity contribution is 0.495. The molecule has 8 nitrogen and oxygen atoms in total. The molecule has 24 heavy (non-hydrogen) atoms. The number of aromatic nitrogens is 6. The molecule has 0 bridgehead atoms. The average molecular weight is 340 g/mol. The highest BCUT2D eigenvalue weighted by Crippen LogP contribution is 2.32. The summed E-state index contributed by atoms with van der Waals surface area (Å²) in [5.74, 6) is 0. The molecule has 1 unspecified atom stereocenters. The van der Waals surface area contributed by atoms with E-state index in [1.807, 2.05) is 30.3 Å². The van der Waals surface area contributed by atoms with E-state index in [0.717, 1.165) is 16.5 Å². The van der Waals surface area contributed by atoms with Gasteiger partial charge in [-0.1, -0.05) is 17.3 Å². The van der Waals surface area contributed by atoms with Crippen molar-refractivity contribution >= 4 is 35.0 Å². The maximum atomic E-state index is 11.8. The quantitative estimate of drug-likeness (QED) is 0.561. The summed E-state index contributed by atoms with van der Waals surface area (Å²) in [7, 11) is -3.48. The van der Waals surface area contributed by atoms with Crippen molar-refractivity contribution in [2.24, 2.45) is 0 Å². The van der Waals surface area contributed by atoms with E-state index in [2.05, 4.69) is 25.3 Å². The SMILES string of the molecule is CP(=O)(O)c1cnc2nnn(Cc3ccc4ncccc4c3)c2n1. The fraction of sp³-hybridized carbons (Fsp3) is 0.133. The molecule has 4 rings (SSSR count). The van der Waals surface area contributed by atoms with E-state index in [1.165, 1.54) is 12.9 Å². The standard InChI is InChI=1S/C15H13N6O2P/c1-24(22,23)13-8-17-14-15(18-13)21(20-19-14)9-10-4-5-12-11(7-10)3-2-6-16-12/h2-8H,9H2,1H3,(H,22,23). The van der Waals surface area contributed by atoms with E-state index < -0.39 is 7.37 Å². The molecule has 0 aliphatic heterocycles. The monoisotopic (exact) mass is 340 g/mol. The summed E-state index contributed by atoms with van der Waals surface area (Å²) < 4.78 is 13.4. The molecule has 3 aromatic heterocycles. The van der Waals surface area contributed by atoms with Gasteiger partial charge in [0, 0.05) is 18.2 Å². The van der Waals surface area contributed by atoms with Crippen molar-refractivity contribution in [2.75, 3.05) is 6.66 Å². The fourth-order valence-electron chi connectivity index (χ4n) is 2.45. The van der Waals surface area contributed by atoms with Crippen molar-refractivity contribution in [2.45, 2.75) is 6.54 Å². The third-order valence-corrected chi connectivity index (χ3v) is 4.71. The summed E-state index contributed by atoms with van der Waals surface area (Å²) in [5, 5.41) is 9.03. The number of hydrogen-bond donors (Lipinski definition) is 1. The Morgan fingerprint density at radius 3 is 2.96 bits per heavy atom. The van der Waals surface area contributed by atoms with E-state index in [-0.39, 0.29) is 5.44 Å². The van der Waals surface area contributed by atoms with Crippen LogP contribution in [-0.2, 0) is 11.1 Å². The molecule has 4 aromatic rings. The van der Waals surface area contributed by atoms with Crippen molar-refractivity contribution in [1.29, 1.82) is 0 Å². The van der Waals surface area contributed by atoms with Crippen LogP contribution >= 0.6 is 7.37 Å². The molecule has 0 aliphatic carbocycles. The van der Waals surface area contributed by atoms with Gasteiger partial charge in [-0.3, -0.25) is 9.55 Å². The summed E-state index contributed by atoms with van der Waals surface area (Å²) in [5.41, 5.74) is 2.68. The predicted octanol–water partition coefficient (Wildman–Crippen LogP) is 1.34. The molecule has 120 valence electrons. The summed E-state index contributed by atoms with van der Waals surface area (Å²) in [4.78, 5) is 22.2. The molecular formula is C15H13N6O2P. The van der Waals surface area contributed by atoms with Crippen molar-refractivity contribution in [3.8, 4) is 0 Å². The van der Waals surface area contributed by atoms with Crippen molar-refractivity contribution in [3.05, 3.63) is 48.3 Å². The molecule has 0 aliphatic rings. The molecule has 0 amide bonds. The van der Waals surface area contributed by atoms with Gasteiger partial charge in [-0.05, 0) is 23.8 Å². The Balaban J connectivity index is 1.76. The van der Waals surface area contributed by atoms with Crippen LogP contribution in [0.5, 0.6) is 0 Å². The maximum Gasteiger partial charge on any atom is 0.246 e. The first-order valence-electron chi connectivity index (χ1n) is 7.21. The second-order valence-electron chi connectivity index (χ2n) is 5.53. The van der Waals surface area contributed by atoms with Gasteiger partial charge in [0.2, 0.25) is 13.0 Å². The van der Waals surface area contributed by atoms with Crippen LogP contribution in [0, 0.1) is 0 Å². The highest BCUT2D eigenvalue weighted by Gasteiger charge is 2.19. The zero-order valence-corrected chi connectivity index (χ0v) is 13.6. The van der Waals surface area contributed by atoms with E-state index in [1.54, 1.807) is 10.9 Å². The van der Waals surface area contributed by atoms with Crippen LogP contribution in [0.25, 0.3) is 22.2 Å². The Kier molecular flexibility index (Phi) is 3.37. The Labute approximate surface area is 136 Å². The van der Waals surface area contributed by atoms with Crippen LogP contribution < -0.4 is 5.44 Å². The first kappa shape index (κ1) is 14.9. The summed E-state index contributed by atoms with van der Waals surface area (Å²) in [6.07, 6.45) is 3.02. The topological polar surface area (TPSA) is 107 Å². The minimum Gasteiger partial charge on any atom is -0.340 e. The number of pyridine rings is 1. The third-order valence-electron chi connectivity index (χ3n) is 3.64. The Bertz CT molecular complexity index is 1100. The van der Waals surface area contributed by atoms with Crippen LogP contribution in [0.15, 0.2) is 42.7 Å². The number of benzene rings is 1. The molecular weight excluding hydrogens is 327 g/mol. The Morgan fingerprint density at radius 1 is 1.25 bits per heavy atom. The van der Waals surface area contributed by atoms with Gasteiger partial charge in [0.1, 0.15) is 5.44 Å². The second kappa shape index (κ2) is 5.43. The minimum absolute atomic E-state index is 0.0428. The van der Waals surface area contributed by atoms with Gasteiger partial charge in [-0.15, -0.1) is 5.10 Å². The molecule has 1 aromatic carbocycles. The zero-order valence-electron chi connectivity index (χ0n) is 12.7. The lowest BCUT2D eigenvalue weighted by Crippen LogP contribution is -2.12. The minimum atomic E-state index is -3.48. The first-order chi connectivity index (χ1) is 11.5. The van der Waals surface area contributed by atoms with Crippen LogP contribution in [-0.4, -0.2) is 41.5 Å². The van der Waals surface area contributed by atoms with Gasteiger partial charge in [0.15, 0.2) is 5.65 Å². The van der Waals surface area contributed by atoms with Crippen LogP contribution in [0.1, 0.15) is 5.56 Å². The molecule has 0 saturated heterocycles. The van der Waals surface area contributed by atoms with Gasteiger partial charge < -0.3 is 4.89 Å². The average Bonchev–Trinajstić information content (AvgIpc) is 2.96. The summed E-state index contributed by atoms with van der Waals surface area (Å²) >= 11 is 0. The molecule has 0 saturated carbocycles. The lowest BCUT2D eigenvalue weighted by Gasteiger charge is -2.06. The maximum absolute atomic E-state index is 11.8. The van der Waals surface area contributed by atoms with Crippen LogP contribution in [0.2, 0.25) is 0 Å². The molecule has 3 heterocycles. The first-order valence-corrected chi connectivity index (χ1v) is 9.32. The van der Waals surface area contributed by atoms with E-state index in [0.29, 0.717) is 17.8 Å². The zero-order chi connectivity index (χ0) is 16.7. The van der Waals surface area contributed by atoms with Gasteiger partial charge >= 0.3 is 0 Å². The molecule has 0 spiro atoms. The van der Waals surface area contributed by atoms with E-state index in [9.17, 15) is 9.46 Å². The predicted molar refractivity (Wildman–Crippen MR) is 89.3 cm³/mol. The van der Waals surface area contributed by atoms with E-state index >= 15 is 0 Å². The highest BCUT2D eigenvalue weighted by molar-refractivity contribution is 7.65. The fourth-order valence-corrected chi connectivity index (χ4v) is 3.00. The molecule has 1 N–H and O–H groups in total. The third kappa shape index (κ3) is 2.66. The van der Waals surface area contributed by atoms with E-state index in [4.69, 9.17) is 0 Å². The van der Waals surface area contributed by atoms with Gasteiger partial charge in [-0.25, -0.2) is 14.6 Å². The number of fused-ring (bicyclic) bond motifs is 2. The van der Waals surface area contributed by atoms with Crippen molar-refractivity contribution < 1.29 is 9.46 Å².